The first-order valence-electron chi connectivity index (χ1n) is 6.40. The third kappa shape index (κ3) is 3.68. The predicted molar refractivity (Wildman–Crippen MR) is 80.3 cm³/mol. The molecule has 1 aromatic heterocycles. The molecule has 0 saturated heterocycles. The number of pyridine rings is 1. The van der Waals surface area contributed by atoms with Gasteiger partial charge in [0.05, 0.1) is 5.02 Å². The van der Waals surface area contributed by atoms with Crippen molar-refractivity contribution >= 4 is 17.4 Å². The zero-order valence-electron chi connectivity index (χ0n) is 11.2. The van der Waals surface area contributed by atoms with E-state index in [-0.39, 0.29) is 16.9 Å². The molecule has 0 saturated carbocycles. The van der Waals surface area contributed by atoms with Gasteiger partial charge in [-0.2, -0.15) is 0 Å². The number of likely N-dealkylation sites (N-methyl/N-ethyl adjacent to an activating group) is 1. The van der Waals surface area contributed by atoms with Gasteiger partial charge >= 0.3 is 0 Å². The standard InChI is InChI=1S/C15H17ClFN3/c1-19-12(7-10-5-6-20-14(18)8-10)9-11-3-2-4-13(16)15(11)17/h2-6,8,12,19H,7,9H2,1H3,(H2,18,20). The zero-order valence-corrected chi connectivity index (χ0v) is 12.0. The third-order valence-electron chi connectivity index (χ3n) is 3.23. The number of rotatable bonds is 5. The van der Waals surface area contributed by atoms with Gasteiger partial charge in [0.1, 0.15) is 11.6 Å². The molecule has 0 radical (unpaired) electrons. The third-order valence-corrected chi connectivity index (χ3v) is 3.53. The van der Waals surface area contributed by atoms with Crippen LogP contribution in [0.3, 0.4) is 0 Å². The molecule has 20 heavy (non-hydrogen) atoms. The maximum Gasteiger partial charge on any atom is 0.145 e. The Hall–Kier alpha value is -1.65. The Morgan fingerprint density at radius 3 is 2.85 bits per heavy atom. The smallest absolute Gasteiger partial charge is 0.145 e. The molecular weight excluding hydrogens is 277 g/mol. The van der Waals surface area contributed by atoms with Crippen molar-refractivity contribution in [3.63, 3.8) is 0 Å². The van der Waals surface area contributed by atoms with E-state index in [0.717, 1.165) is 12.0 Å². The minimum atomic E-state index is -0.344. The van der Waals surface area contributed by atoms with Gasteiger partial charge < -0.3 is 11.1 Å². The lowest BCUT2D eigenvalue weighted by Crippen LogP contribution is -2.30. The Kier molecular flexibility index (Phi) is 4.93. The number of anilines is 1. The molecule has 1 heterocycles. The van der Waals surface area contributed by atoms with Crippen LogP contribution in [0.25, 0.3) is 0 Å². The highest BCUT2D eigenvalue weighted by atomic mass is 35.5. The maximum absolute atomic E-state index is 13.9. The van der Waals surface area contributed by atoms with E-state index < -0.39 is 0 Å². The molecule has 106 valence electrons. The highest BCUT2D eigenvalue weighted by Gasteiger charge is 2.13. The minimum Gasteiger partial charge on any atom is -0.384 e. The Morgan fingerprint density at radius 2 is 2.15 bits per heavy atom. The first kappa shape index (κ1) is 14.8. The monoisotopic (exact) mass is 293 g/mol. The zero-order chi connectivity index (χ0) is 14.5. The van der Waals surface area contributed by atoms with E-state index in [1.54, 1.807) is 24.4 Å². The van der Waals surface area contributed by atoms with Gasteiger partial charge in [-0.05, 0) is 49.2 Å². The van der Waals surface area contributed by atoms with E-state index in [1.807, 2.05) is 19.2 Å². The second-order valence-corrected chi connectivity index (χ2v) is 5.10. The van der Waals surface area contributed by atoms with E-state index in [2.05, 4.69) is 10.3 Å². The summed E-state index contributed by atoms with van der Waals surface area (Å²) in [6, 6.07) is 8.92. The average Bonchev–Trinajstić information content (AvgIpc) is 2.43. The van der Waals surface area contributed by atoms with Crippen molar-refractivity contribution in [3.8, 4) is 0 Å². The normalized spacial score (nSPS) is 12.3. The number of hydrogen-bond acceptors (Lipinski definition) is 3. The topological polar surface area (TPSA) is 50.9 Å². The lowest BCUT2D eigenvalue weighted by molar-refractivity contribution is 0.532. The van der Waals surface area contributed by atoms with Crippen LogP contribution < -0.4 is 11.1 Å². The number of halogens is 2. The lowest BCUT2D eigenvalue weighted by atomic mass is 9.99. The molecule has 2 rings (SSSR count). The van der Waals surface area contributed by atoms with Crippen LogP contribution in [-0.2, 0) is 12.8 Å². The van der Waals surface area contributed by atoms with Crippen molar-refractivity contribution in [1.29, 1.82) is 0 Å². The molecule has 5 heteroatoms. The molecule has 2 aromatic rings. The summed E-state index contributed by atoms with van der Waals surface area (Å²) >= 11 is 5.80. The quantitative estimate of drug-likeness (QED) is 0.891. The first-order chi connectivity index (χ1) is 9.60. The number of aromatic nitrogens is 1. The molecule has 3 N–H and O–H groups in total. The van der Waals surface area contributed by atoms with Gasteiger partial charge in [-0.25, -0.2) is 9.37 Å². The molecule has 1 aromatic carbocycles. The lowest BCUT2D eigenvalue weighted by Gasteiger charge is -2.17. The van der Waals surface area contributed by atoms with Crippen molar-refractivity contribution in [1.82, 2.24) is 10.3 Å². The molecule has 0 aliphatic carbocycles. The number of nitrogens with one attached hydrogen (secondary N) is 1. The van der Waals surface area contributed by atoms with E-state index >= 15 is 0 Å². The first-order valence-corrected chi connectivity index (χ1v) is 6.78. The fraction of sp³-hybridized carbons (Fsp3) is 0.267. The summed E-state index contributed by atoms with van der Waals surface area (Å²) < 4.78 is 13.9. The molecule has 0 spiro atoms. The molecule has 0 amide bonds. The van der Waals surface area contributed by atoms with Crippen LogP contribution in [0, 0.1) is 5.82 Å². The van der Waals surface area contributed by atoms with Crippen LogP contribution in [0.5, 0.6) is 0 Å². The summed E-state index contributed by atoms with van der Waals surface area (Å²) in [6.45, 7) is 0. The number of nitrogen functional groups attached to an aromatic ring is 1. The van der Waals surface area contributed by atoms with Gasteiger partial charge in [0.2, 0.25) is 0 Å². The second kappa shape index (κ2) is 6.68. The van der Waals surface area contributed by atoms with Crippen molar-refractivity contribution < 1.29 is 4.39 Å². The van der Waals surface area contributed by atoms with Gasteiger partial charge in [-0.15, -0.1) is 0 Å². The molecule has 0 fully saturated rings. The number of hydrogen-bond donors (Lipinski definition) is 2. The van der Waals surface area contributed by atoms with Crippen molar-refractivity contribution in [3.05, 3.63) is 58.5 Å². The van der Waals surface area contributed by atoms with Crippen LogP contribution >= 0.6 is 11.6 Å². The summed E-state index contributed by atoms with van der Waals surface area (Å²) in [5.41, 5.74) is 7.34. The Labute approximate surface area is 123 Å². The van der Waals surface area contributed by atoms with E-state index in [1.165, 1.54) is 0 Å². The SMILES string of the molecule is CNC(Cc1ccnc(N)c1)Cc1cccc(Cl)c1F. The second-order valence-electron chi connectivity index (χ2n) is 4.70. The Balaban J connectivity index is 2.11. The summed E-state index contributed by atoms with van der Waals surface area (Å²) in [5, 5.41) is 3.35. The van der Waals surface area contributed by atoms with Gasteiger partial charge in [0, 0.05) is 12.2 Å². The molecule has 0 aliphatic heterocycles. The van der Waals surface area contributed by atoms with Crippen LogP contribution in [0.2, 0.25) is 5.02 Å². The maximum atomic E-state index is 13.9. The van der Waals surface area contributed by atoms with Gasteiger partial charge in [-0.1, -0.05) is 23.7 Å². The Morgan fingerprint density at radius 1 is 1.35 bits per heavy atom. The Bertz CT molecular complexity index is 589. The van der Waals surface area contributed by atoms with Gasteiger partial charge in [-0.3, -0.25) is 0 Å². The number of nitrogens with two attached hydrogens (primary N) is 1. The average molecular weight is 294 g/mol. The fourth-order valence-corrected chi connectivity index (χ4v) is 2.35. The molecule has 0 aliphatic rings. The summed E-state index contributed by atoms with van der Waals surface area (Å²) in [7, 11) is 1.86. The summed E-state index contributed by atoms with van der Waals surface area (Å²) in [6.07, 6.45) is 2.98. The van der Waals surface area contributed by atoms with Gasteiger partial charge in [0.25, 0.3) is 0 Å². The van der Waals surface area contributed by atoms with E-state index in [4.69, 9.17) is 17.3 Å². The molecular formula is C15H17ClFN3. The van der Waals surface area contributed by atoms with Crippen LogP contribution in [0.4, 0.5) is 10.2 Å². The van der Waals surface area contributed by atoms with Crippen molar-refractivity contribution in [2.45, 2.75) is 18.9 Å². The van der Waals surface area contributed by atoms with Gasteiger partial charge in [0.15, 0.2) is 0 Å². The summed E-state index contributed by atoms with van der Waals surface area (Å²) in [5.74, 6) is 0.148. The van der Waals surface area contributed by atoms with Crippen LogP contribution in [0.15, 0.2) is 36.5 Å². The predicted octanol–water partition coefficient (Wildman–Crippen LogP) is 2.83. The van der Waals surface area contributed by atoms with E-state index in [0.29, 0.717) is 17.8 Å². The van der Waals surface area contributed by atoms with Crippen LogP contribution in [0.1, 0.15) is 11.1 Å². The largest absolute Gasteiger partial charge is 0.384 e. The molecule has 1 unspecified atom stereocenters. The highest BCUT2D eigenvalue weighted by Crippen LogP contribution is 2.20. The number of nitrogens with zero attached hydrogens (tertiary/aromatic N) is 1. The molecule has 3 nitrogen and oxygen atoms in total. The number of benzene rings is 1. The van der Waals surface area contributed by atoms with Crippen molar-refractivity contribution in [2.24, 2.45) is 0 Å². The highest BCUT2D eigenvalue weighted by molar-refractivity contribution is 6.30. The molecule has 1 atom stereocenters. The summed E-state index contributed by atoms with van der Waals surface area (Å²) in [4.78, 5) is 3.96. The minimum absolute atomic E-state index is 0.102. The molecule has 0 bridgehead atoms. The van der Waals surface area contributed by atoms with Crippen LogP contribution in [-0.4, -0.2) is 18.1 Å². The van der Waals surface area contributed by atoms with E-state index in [9.17, 15) is 4.39 Å². The fourth-order valence-electron chi connectivity index (χ4n) is 2.15. The van der Waals surface area contributed by atoms with Crippen molar-refractivity contribution in [2.75, 3.05) is 12.8 Å².